The highest BCUT2D eigenvalue weighted by Gasteiger charge is 2.17. The standard InChI is InChI=1S/C15H23N3O3.ClH/c1-11(2)14(16)15(20)18-10-13(19)17-8-9-21-12-6-4-3-5-7-12;/h3-7,11,14H,8-10,16H2,1-2H3,(H,17,19)(H,18,20);1H/t14-;/m0./s1. The van der Waals surface area contributed by atoms with Crippen LogP contribution < -0.4 is 21.1 Å². The molecule has 22 heavy (non-hydrogen) atoms. The molecule has 0 saturated carbocycles. The highest BCUT2D eigenvalue weighted by atomic mass is 35.5. The average molecular weight is 330 g/mol. The largest absolute Gasteiger partial charge is 0.492 e. The van der Waals surface area contributed by atoms with Crippen molar-refractivity contribution in [2.75, 3.05) is 19.7 Å². The molecule has 0 fully saturated rings. The second-order valence-electron chi connectivity index (χ2n) is 5.00. The van der Waals surface area contributed by atoms with Crippen LogP contribution in [0.1, 0.15) is 13.8 Å². The molecule has 1 rings (SSSR count). The fourth-order valence-corrected chi connectivity index (χ4v) is 1.53. The minimum atomic E-state index is -0.598. The van der Waals surface area contributed by atoms with Crippen molar-refractivity contribution in [2.45, 2.75) is 19.9 Å². The van der Waals surface area contributed by atoms with Gasteiger partial charge in [-0.3, -0.25) is 9.59 Å². The van der Waals surface area contributed by atoms with Crippen LogP contribution in [0.4, 0.5) is 0 Å². The number of carbonyl (C=O) groups excluding carboxylic acids is 2. The van der Waals surface area contributed by atoms with Crippen molar-refractivity contribution in [3.8, 4) is 5.75 Å². The van der Waals surface area contributed by atoms with Crippen molar-refractivity contribution in [1.29, 1.82) is 0 Å². The highest BCUT2D eigenvalue weighted by Crippen LogP contribution is 2.07. The molecule has 2 amide bonds. The number of nitrogens with two attached hydrogens (primary N) is 1. The molecule has 124 valence electrons. The topological polar surface area (TPSA) is 93.5 Å². The minimum absolute atomic E-state index is 0. The Morgan fingerprint density at radius 2 is 1.82 bits per heavy atom. The lowest BCUT2D eigenvalue weighted by atomic mass is 10.1. The Kier molecular flexibility index (Phi) is 9.98. The molecule has 0 aliphatic rings. The van der Waals surface area contributed by atoms with Gasteiger partial charge in [-0.25, -0.2) is 0 Å². The first-order valence-corrected chi connectivity index (χ1v) is 6.98. The van der Waals surface area contributed by atoms with Crippen molar-refractivity contribution in [1.82, 2.24) is 10.6 Å². The molecule has 0 bridgehead atoms. The van der Waals surface area contributed by atoms with E-state index in [9.17, 15) is 9.59 Å². The monoisotopic (exact) mass is 329 g/mol. The molecular formula is C15H24ClN3O3. The van der Waals surface area contributed by atoms with Gasteiger partial charge in [-0.15, -0.1) is 12.4 Å². The van der Waals surface area contributed by atoms with E-state index < -0.39 is 6.04 Å². The maximum atomic E-state index is 11.6. The van der Waals surface area contributed by atoms with Crippen LogP contribution in [0.5, 0.6) is 5.75 Å². The molecular weight excluding hydrogens is 306 g/mol. The summed E-state index contributed by atoms with van der Waals surface area (Å²) in [4.78, 5) is 23.1. The van der Waals surface area contributed by atoms with E-state index in [-0.39, 0.29) is 36.7 Å². The number of hydrogen-bond donors (Lipinski definition) is 3. The number of ether oxygens (including phenoxy) is 1. The molecule has 0 radical (unpaired) electrons. The Morgan fingerprint density at radius 1 is 1.18 bits per heavy atom. The quantitative estimate of drug-likeness (QED) is 0.612. The lowest BCUT2D eigenvalue weighted by Gasteiger charge is -2.15. The Hall–Kier alpha value is -1.79. The molecule has 0 aliphatic heterocycles. The van der Waals surface area contributed by atoms with E-state index in [1.54, 1.807) is 0 Å². The third-order valence-corrected chi connectivity index (χ3v) is 2.88. The zero-order valence-corrected chi connectivity index (χ0v) is 13.7. The summed E-state index contributed by atoms with van der Waals surface area (Å²) >= 11 is 0. The van der Waals surface area contributed by atoms with Gasteiger partial charge in [0.1, 0.15) is 12.4 Å². The van der Waals surface area contributed by atoms with Gasteiger partial charge < -0.3 is 21.1 Å². The Morgan fingerprint density at radius 3 is 2.41 bits per heavy atom. The summed E-state index contributed by atoms with van der Waals surface area (Å²) in [5, 5.41) is 5.16. The fourth-order valence-electron chi connectivity index (χ4n) is 1.53. The molecule has 1 aromatic carbocycles. The van der Waals surface area contributed by atoms with Crippen LogP contribution in [0.25, 0.3) is 0 Å². The van der Waals surface area contributed by atoms with E-state index in [4.69, 9.17) is 10.5 Å². The number of amides is 2. The normalized spacial score (nSPS) is 11.3. The molecule has 0 saturated heterocycles. The number of halogens is 1. The maximum Gasteiger partial charge on any atom is 0.239 e. The fraction of sp³-hybridized carbons (Fsp3) is 0.467. The summed E-state index contributed by atoms with van der Waals surface area (Å²) in [6, 6.07) is 8.74. The van der Waals surface area contributed by atoms with Crippen LogP contribution in [0.3, 0.4) is 0 Å². The van der Waals surface area contributed by atoms with E-state index in [1.165, 1.54) is 0 Å². The van der Waals surface area contributed by atoms with Crippen LogP contribution in [-0.2, 0) is 9.59 Å². The van der Waals surface area contributed by atoms with Crippen molar-refractivity contribution < 1.29 is 14.3 Å². The molecule has 0 aromatic heterocycles. The summed E-state index contributed by atoms with van der Waals surface area (Å²) < 4.78 is 5.43. The van der Waals surface area contributed by atoms with Crippen LogP contribution in [0.15, 0.2) is 30.3 Å². The summed E-state index contributed by atoms with van der Waals surface area (Å²) in [5.74, 6) is 0.201. The average Bonchev–Trinajstić information content (AvgIpc) is 2.49. The number of benzene rings is 1. The number of carbonyl (C=O) groups is 2. The number of rotatable bonds is 8. The molecule has 0 spiro atoms. The second kappa shape index (κ2) is 10.9. The van der Waals surface area contributed by atoms with Gasteiger partial charge in [0, 0.05) is 0 Å². The summed E-state index contributed by atoms with van der Waals surface area (Å²) in [6.45, 7) is 4.37. The number of hydrogen-bond acceptors (Lipinski definition) is 4. The van der Waals surface area contributed by atoms with Crippen molar-refractivity contribution in [3.63, 3.8) is 0 Å². The van der Waals surface area contributed by atoms with Crippen molar-refractivity contribution in [2.24, 2.45) is 11.7 Å². The zero-order valence-electron chi connectivity index (χ0n) is 12.9. The zero-order chi connectivity index (χ0) is 15.7. The van der Waals surface area contributed by atoms with Gasteiger partial charge in [-0.2, -0.15) is 0 Å². The molecule has 0 unspecified atom stereocenters. The highest BCUT2D eigenvalue weighted by molar-refractivity contribution is 5.87. The van der Waals surface area contributed by atoms with Gasteiger partial charge in [0.2, 0.25) is 11.8 Å². The Bertz CT molecular complexity index is 455. The predicted octanol–water partition coefficient (Wildman–Crippen LogP) is 0.703. The van der Waals surface area contributed by atoms with Gasteiger partial charge in [-0.1, -0.05) is 32.0 Å². The molecule has 4 N–H and O–H groups in total. The van der Waals surface area contributed by atoms with E-state index >= 15 is 0 Å². The van der Waals surface area contributed by atoms with Crippen molar-refractivity contribution >= 4 is 24.2 Å². The molecule has 0 heterocycles. The van der Waals surface area contributed by atoms with Gasteiger partial charge in [0.25, 0.3) is 0 Å². The van der Waals surface area contributed by atoms with Gasteiger partial charge in [0.05, 0.1) is 19.1 Å². The van der Waals surface area contributed by atoms with Crippen LogP contribution in [-0.4, -0.2) is 37.6 Å². The minimum Gasteiger partial charge on any atom is -0.492 e. The van der Waals surface area contributed by atoms with Gasteiger partial charge >= 0.3 is 0 Å². The lowest BCUT2D eigenvalue weighted by Crippen LogP contribution is -2.47. The van der Waals surface area contributed by atoms with Crippen LogP contribution in [0, 0.1) is 5.92 Å². The summed E-state index contributed by atoms with van der Waals surface area (Å²) in [6.07, 6.45) is 0. The smallest absolute Gasteiger partial charge is 0.239 e. The Labute approximate surface area is 137 Å². The molecule has 0 aliphatic carbocycles. The van der Waals surface area contributed by atoms with Crippen LogP contribution >= 0.6 is 12.4 Å². The maximum absolute atomic E-state index is 11.6. The second-order valence-corrected chi connectivity index (χ2v) is 5.00. The predicted molar refractivity (Wildman–Crippen MR) is 88.0 cm³/mol. The third-order valence-electron chi connectivity index (χ3n) is 2.88. The van der Waals surface area contributed by atoms with Crippen LogP contribution in [0.2, 0.25) is 0 Å². The van der Waals surface area contributed by atoms with Gasteiger partial charge in [0.15, 0.2) is 0 Å². The molecule has 6 nitrogen and oxygen atoms in total. The van der Waals surface area contributed by atoms with E-state index in [0.29, 0.717) is 13.2 Å². The molecule has 1 aromatic rings. The molecule has 7 heteroatoms. The number of nitrogens with one attached hydrogen (secondary N) is 2. The SMILES string of the molecule is CC(C)[C@H](N)C(=O)NCC(=O)NCCOc1ccccc1.Cl. The Balaban J connectivity index is 0.00000441. The number of para-hydroxylation sites is 1. The van der Waals surface area contributed by atoms with E-state index in [1.807, 2.05) is 44.2 Å². The van der Waals surface area contributed by atoms with E-state index in [0.717, 1.165) is 5.75 Å². The first-order valence-electron chi connectivity index (χ1n) is 6.98. The lowest BCUT2D eigenvalue weighted by molar-refractivity contribution is -0.127. The van der Waals surface area contributed by atoms with Gasteiger partial charge in [-0.05, 0) is 18.1 Å². The third kappa shape index (κ3) is 7.85. The molecule has 1 atom stereocenters. The summed E-state index contributed by atoms with van der Waals surface area (Å²) in [5.41, 5.74) is 5.67. The van der Waals surface area contributed by atoms with Crippen molar-refractivity contribution in [3.05, 3.63) is 30.3 Å². The summed E-state index contributed by atoms with van der Waals surface area (Å²) in [7, 11) is 0. The van der Waals surface area contributed by atoms with E-state index in [2.05, 4.69) is 10.6 Å². The first kappa shape index (κ1) is 20.2. The first-order chi connectivity index (χ1) is 10.0.